The van der Waals surface area contributed by atoms with Crippen LogP contribution in [0.1, 0.15) is 11.3 Å². The van der Waals surface area contributed by atoms with E-state index < -0.39 is 0 Å². The molecule has 1 N–H and O–H groups in total. The van der Waals surface area contributed by atoms with Gasteiger partial charge in [0.05, 0.1) is 11.9 Å². The monoisotopic (exact) mass is 301 g/mol. The molecule has 0 aliphatic heterocycles. The van der Waals surface area contributed by atoms with Crippen LogP contribution in [0.3, 0.4) is 0 Å². The van der Waals surface area contributed by atoms with E-state index in [1.54, 1.807) is 30.5 Å². The molecule has 3 rings (SSSR count). The molecule has 0 fully saturated rings. The number of imidazole rings is 1. The number of carbonyl (C=O) groups is 1. The molecule has 21 heavy (non-hydrogen) atoms. The van der Waals surface area contributed by atoms with E-state index in [-0.39, 0.29) is 18.3 Å². The number of thiazole rings is 1. The van der Waals surface area contributed by atoms with Crippen molar-refractivity contribution in [2.24, 2.45) is 0 Å². The summed E-state index contributed by atoms with van der Waals surface area (Å²) >= 11 is 1.53. The normalized spacial score (nSPS) is 11.3. The minimum absolute atomic E-state index is 0.163. The number of nitrogens with one attached hydrogen (secondary N) is 1. The smallest absolute Gasteiger partial charge is 0.244 e. The van der Waals surface area contributed by atoms with Gasteiger partial charge in [-0.25, -0.2) is 9.37 Å². The first kappa shape index (κ1) is 13.5. The van der Waals surface area contributed by atoms with Gasteiger partial charge in [0.25, 0.3) is 0 Å². The number of amides is 1. The van der Waals surface area contributed by atoms with Crippen molar-refractivity contribution in [3.63, 3.8) is 0 Å². The fraction of sp³-hybridized carbons (Fsp3) is 0.0667. The molecule has 0 atom stereocenters. The molecule has 6 heteroatoms. The lowest BCUT2D eigenvalue weighted by Crippen LogP contribution is -2.20. The molecule has 0 aliphatic rings. The van der Waals surface area contributed by atoms with E-state index in [1.807, 2.05) is 16.0 Å². The van der Waals surface area contributed by atoms with E-state index in [2.05, 4.69) is 10.3 Å². The van der Waals surface area contributed by atoms with Crippen molar-refractivity contribution >= 4 is 28.3 Å². The summed E-state index contributed by atoms with van der Waals surface area (Å²) in [6.45, 7) is 0.163. The Bertz CT molecular complexity index is 806. The Morgan fingerprint density at radius 3 is 3.14 bits per heavy atom. The quantitative estimate of drug-likeness (QED) is 0.753. The number of halogens is 1. The van der Waals surface area contributed by atoms with E-state index >= 15 is 0 Å². The number of hydrogen-bond donors (Lipinski definition) is 1. The van der Waals surface area contributed by atoms with Crippen molar-refractivity contribution in [2.45, 2.75) is 6.54 Å². The number of aromatic nitrogens is 2. The average Bonchev–Trinajstić information content (AvgIpc) is 3.08. The van der Waals surface area contributed by atoms with Gasteiger partial charge >= 0.3 is 0 Å². The van der Waals surface area contributed by atoms with Crippen LogP contribution in [0, 0.1) is 5.82 Å². The van der Waals surface area contributed by atoms with Crippen LogP contribution in [0.2, 0.25) is 0 Å². The molecule has 3 aromatic rings. The summed E-state index contributed by atoms with van der Waals surface area (Å²) in [6.07, 6.45) is 6.70. The molecule has 0 spiro atoms. The highest BCUT2D eigenvalue weighted by molar-refractivity contribution is 7.15. The van der Waals surface area contributed by atoms with Crippen molar-refractivity contribution in [2.75, 3.05) is 0 Å². The van der Waals surface area contributed by atoms with Gasteiger partial charge in [-0.2, -0.15) is 0 Å². The largest absolute Gasteiger partial charge is 0.348 e. The van der Waals surface area contributed by atoms with Crippen molar-refractivity contribution in [3.05, 3.63) is 65.2 Å². The van der Waals surface area contributed by atoms with E-state index in [0.29, 0.717) is 5.56 Å². The molecule has 4 nitrogen and oxygen atoms in total. The van der Waals surface area contributed by atoms with Crippen molar-refractivity contribution in [1.29, 1.82) is 0 Å². The van der Waals surface area contributed by atoms with Crippen LogP contribution in [0.4, 0.5) is 4.39 Å². The summed E-state index contributed by atoms with van der Waals surface area (Å²) in [6, 6.07) is 6.37. The second kappa shape index (κ2) is 5.88. The maximum atomic E-state index is 13.4. The molecule has 0 unspecified atom stereocenters. The third-order valence-electron chi connectivity index (χ3n) is 2.99. The first-order valence-electron chi connectivity index (χ1n) is 6.34. The van der Waals surface area contributed by atoms with Crippen LogP contribution in [0.5, 0.6) is 0 Å². The predicted molar refractivity (Wildman–Crippen MR) is 80.3 cm³/mol. The molecule has 2 aromatic heterocycles. The summed E-state index contributed by atoms with van der Waals surface area (Å²) < 4.78 is 15.3. The summed E-state index contributed by atoms with van der Waals surface area (Å²) in [4.78, 5) is 16.8. The van der Waals surface area contributed by atoms with Crippen LogP contribution >= 0.6 is 11.3 Å². The highest BCUT2D eigenvalue weighted by Crippen LogP contribution is 2.13. The lowest BCUT2D eigenvalue weighted by molar-refractivity contribution is -0.116. The Morgan fingerprint density at radius 1 is 1.43 bits per heavy atom. The molecule has 1 aromatic carbocycles. The zero-order chi connectivity index (χ0) is 14.7. The Morgan fingerprint density at radius 2 is 2.29 bits per heavy atom. The number of rotatable bonds is 4. The van der Waals surface area contributed by atoms with Gasteiger partial charge in [0, 0.05) is 29.8 Å². The highest BCUT2D eigenvalue weighted by Gasteiger charge is 2.03. The SMILES string of the molecule is O=C(/C=C/c1cnc2sccn12)NCc1ccccc1F. The lowest BCUT2D eigenvalue weighted by Gasteiger charge is -2.03. The topological polar surface area (TPSA) is 46.4 Å². The van der Waals surface area contributed by atoms with Gasteiger partial charge in [-0.15, -0.1) is 11.3 Å². The fourth-order valence-corrected chi connectivity index (χ4v) is 2.61. The van der Waals surface area contributed by atoms with Crippen LogP contribution in [-0.2, 0) is 11.3 Å². The standard InChI is InChI=1S/C15H12FN3OS/c16-13-4-2-1-3-11(13)9-17-14(20)6-5-12-10-18-15-19(12)7-8-21-15/h1-8,10H,9H2,(H,17,20)/b6-5+. The first-order chi connectivity index (χ1) is 10.2. The number of hydrogen-bond acceptors (Lipinski definition) is 3. The van der Waals surface area contributed by atoms with Crippen molar-refractivity contribution < 1.29 is 9.18 Å². The molecule has 106 valence electrons. The molecule has 1 amide bonds. The van der Waals surface area contributed by atoms with E-state index in [0.717, 1.165) is 10.7 Å². The van der Waals surface area contributed by atoms with Gasteiger partial charge in [0.2, 0.25) is 5.91 Å². The number of fused-ring (bicyclic) bond motifs is 1. The predicted octanol–water partition coefficient (Wildman–Crippen LogP) is 2.86. The summed E-state index contributed by atoms with van der Waals surface area (Å²) in [5.41, 5.74) is 1.29. The highest BCUT2D eigenvalue weighted by atomic mass is 32.1. The Labute approximate surface area is 124 Å². The van der Waals surface area contributed by atoms with E-state index in [1.165, 1.54) is 23.5 Å². The van der Waals surface area contributed by atoms with Crippen molar-refractivity contribution in [1.82, 2.24) is 14.7 Å². The van der Waals surface area contributed by atoms with Crippen LogP contribution in [0.25, 0.3) is 11.0 Å². The number of nitrogens with zero attached hydrogens (tertiary/aromatic N) is 2. The van der Waals surface area contributed by atoms with Gasteiger partial charge in [0.15, 0.2) is 4.96 Å². The Hall–Kier alpha value is -2.47. The van der Waals surface area contributed by atoms with Gasteiger partial charge in [-0.3, -0.25) is 9.20 Å². The molecule has 0 saturated carbocycles. The number of benzene rings is 1. The maximum Gasteiger partial charge on any atom is 0.244 e. The zero-order valence-electron chi connectivity index (χ0n) is 11.0. The summed E-state index contributed by atoms with van der Waals surface area (Å²) in [5, 5.41) is 4.58. The molecule has 0 aliphatic carbocycles. The van der Waals surface area contributed by atoms with Gasteiger partial charge in [-0.05, 0) is 12.1 Å². The minimum Gasteiger partial charge on any atom is -0.348 e. The third-order valence-corrected chi connectivity index (χ3v) is 3.76. The van der Waals surface area contributed by atoms with Crippen LogP contribution < -0.4 is 5.32 Å². The average molecular weight is 301 g/mol. The molecule has 0 bridgehead atoms. The first-order valence-corrected chi connectivity index (χ1v) is 7.22. The van der Waals surface area contributed by atoms with Crippen LogP contribution in [0.15, 0.2) is 48.1 Å². The van der Waals surface area contributed by atoms with Crippen LogP contribution in [-0.4, -0.2) is 15.3 Å². The zero-order valence-corrected chi connectivity index (χ0v) is 11.8. The van der Waals surface area contributed by atoms with Gasteiger partial charge in [0.1, 0.15) is 5.82 Å². The van der Waals surface area contributed by atoms with Gasteiger partial charge in [-0.1, -0.05) is 18.2 Å². The molecule has 2 heterocycles. The molecular formula is C15H12FN3OS. The van der Waals surface area contributed by atoms with E-state index in [9.17, 15) is 9.18 Å². The third kappa shape index (κ3) is 3.00. The molecule has 0 saturated heterocycles. The molecular weight excluding hydrogens is 289 g/mol. The lowest BCUT2D eigenvalue weighted by atomic mass is 10.2. The second-order valence-corrected chi connectivity index (χ2v) is 5.25. The summed E-state index contributed by atoms with van der Waals surface area (Å²) in [7, 11) is 0. The molecule has 0 radical (unpaired) electrons. The Balaban J connectivity index is 1.63. The number of carbonyl (C=O) groups excluding carboxylic acids is 1. The second-order valence-electron chi connectivity index (χ2n) is 4.38. The minimum atomic E-state index is -0.322. The Kier molecular flexibility index (Phi) is 3.79. The maximum absolute atomic E-state index is 13.4. The van der Waals surface area contributed by atoms with Crippen molar-refractivity contribution in [3.8, 4) is 0 Å². The summed E-state index contributed by atoms with van der Waals surface area (Å²) in [5.74, 6) is -0.596. The van der Waals surface area contributed by atoms with E-state index in [4.69, 9.17) is 0 Å². The fourth-order valence-electron chi connectivity index (χ4n) is 1.91. The van der Waals surface area contributed by atoms with Gasteiger partial charge < -0.3 is 5.32 Å².